The third-order valence-corrected chi connectivity index (χ3v) is 5.57. The van der Waals surface area contributed by atoms with Crippen LogP contribution in [0, 0.1) is 5.82 Å². The first kappa shape index (κ1) is 22.2. The molecule has 2 amide bonds. The van der Waals surface area contributed by atoms with Crippen LogP contribution in [0.2, 0.25) is 0 Å². The van der Waals surface area contributed by atoms with Gasteiger partial charge in [0.15, 0.2) is 0 Å². The van der Waals surface area contributed by atoms with Gasteiger partial charge in [0.1, 0.15) is 5.82 Å². The van der Waals surface area contributed by atoms with Crippen LogP contribution in [0.5, 0.6) is 0 Å². The Bertz CT molecular complexity index is 976. The van der Waals surface area contributed by atoms with E-state index in [-0.39, 0.29) is 29.9 Å². The van der Waals surface area contributed by atoms with Gasteiger partial charge in [0.25, 0.3) is 11.8 Å². The maximum atomic E-state index is 14.7. The summed E-state index contributed by atoms with van der Waals surface area (Å²) >= 11 is 0. The summed E-state index contributed by atoms with van der Waals surface area (Å²) in [5.41, 5.74) is 1.01. The van der Waals surface area contributed by atoms with Gasteiger partial charge in [-0.1, -0.05) is 12.1 Å². The molecule has 10 heteroatoms. The summed E-state index contributed by atoms with van der Waals surface area (Å²) in [6.07, 6.45) is -3.33. The molecule has 0 bridgehead atoms. The summed E-state index contributed by atoms with van der Waals surface area (Å²) in [6.45, 7) is 1.38. The minimum atomic E-state index is -2.03. The monoisotopic (exact) mass is 445 g/mol. The third-order valence-electron chi connectivity index (χ3n) is 5.57. The van der Waals surface area contributed by atoms with Crippen molar-refractivity contribution < 1.29 is 34.0 Å². The van der Waals surface area contributed by atoms with Crippen molar-refractivity contribution in [3.8, 4) is 0 Å². The zero-order chi connectivity index (χ0) is 22.8. The zero-order valence-electron chi connectivity index (χ0n) is 17.2. The van der Waals surface area contributed by atoms with E-state index in [0.29, 0.717) is 32.0 Å². The number of benzene rings is 2. The molecule has 0 aromatic heterocycles. The van der Waals surface area contributed by atoms with Gasteiger partial charge in [0, 0.05) is 18.8 Å². The van der Waals surface area contributed by atoms with Crippen molar-refractivity contribution in [1.82, 2.24) is 4.90 Å². The number of amides is 2. The first-order valence-corrected chi connectivity index (χ1v) is 10.2. The van der Waals surface area contributed by atoms with Crippen molar-refractivity contribution in [2.75, 3.05) is 49.2 Å². The molecule has 0 radical (unpaired) electrons. The molecule has 0 aliphatic carbocycles. The van der Waals surface area contributed by atoms with Crippen LogP contribution in [-0.4, -0.2) is 83.9 Å². The second-order valence-corrected chi connectivity index (χ2v) is 7.65. The maximum absolute atomic E-state index is 14.7. The summed E-state index contributed by atoms with van der Waals surface area (Å²) in [5, 5.41) is 30.1. The molecule has 2 aliphatic rings. The molecular formula is C22H24FN3O6. The van der Waals surface area contributed by atoms with Gasteiger partial charge in [0.2, 0.25) is 6.41 Å². The third kappa shape index (κ3) is 4.30. The average Bonchev–Trinajstić information content (AvgIpc) is 3.03. The Hall–Kier alpha value is -3.05. The van der Waals surface area contributed by atoms with Gasteiger partial charge in [-0.05, 0) is 30.3 Å². The average molecular weight is 445 g/mol. The van der Waals surface area contributed by atoms with Gasteiger partial charge in [-0.25, -0.2) is 4.39 Å². The topological polar surface area (TPSA) is 114 Å². The van der Waals surface area contributed by atoms with Crippen LogP contribution in [0.4, 0.5) is 15.8 Å². The minimum Gasteiger partial charge on any atom is -0.389 e. The molecule has 1 saturated heterocycles. The van der Waals surface area contributed by atoms with E-state index < -0.39 is 30.1 Å². The van der Waals surface area contributed by atoms with Crippen LogP contribution >= 0.6 is 0 Å². The fraction of sp³-hybridized carbons (Fsp3) is 0.364. The van der Waals surface area contributed by atoms with Crippen molar-refractivity contribution in [3.63, 3.8) is 0 Å². The highest BCUT2D eigenvalue weighted by Crippen LogP contribution is 2.27. The number of ether oxygens (including phenoxy) is 1. The molecule has 0 unspecified atom stereocenters. The summed E-state index contributed by atoms with van der Waals surface area (Å²) in [4.78, 5) is 28.7. The van der Waals surface area contributed by atoms with E-state index in [2.05, 4.69) is 0 Å². The van der Waals surface area contributed by atoms with Crippen LogP contribution in [0.1, 0.15) is 20.7 Å². The van der Waals surface area contributed by atoms with E-state index >= 15 is 0 Å². The number of anilines is 2. The standard InChI is InChI=1S/C22H24FN3O6/c23-18-11-14(5-6-19(18)24-7-9-32-10-8-24)25(22(30)31)12-15(27)13-26-20(28)16-3-1-2-4-17(16)21(26)29/h1-6,11,15,22,27,30-31H,7-10,12-13H2/t15-/m1/s1. The fourth-order valence-corrected chi connectivity index (χ4v) is 3.97. The number of hydrogen-bond donors (Lipinski definition) is 3. The summed E-state index contributed by atoms with van der Waals surface area (Å²) < 4.78 is 20.0. The second-order valence-electron chi connectivity index (χ2n) is 7.65. The largest absolute Gasteiger partial charge is 0.389 e. The molecular weight excluding hydrogens is 421 g/mol. The first-order chi connectivity index (χ1) is 15.4. The Morgan fingerprint density at radius 3 is 2.19 bits per heavy atom. The van der Waals surface area contributed by atoms with Crippen LogP contribution in [0.15, 0.2) is 42.5 Å². The van der Waals surface area contributed by atoms with Gasteiger partial charge in [-0.15, -0.1) is 0 Å². The molecule has 0 spiro atoms. The normalized spacial score (nSPS) is 17.2. The highest BCUT2D eigenvalue weighted by molar-refractivity contribution is 6.21. The number of rotatable bonds is 7. The number of fused-ring (bicyclic) bond motifs is 1. The Labute approximate surface area is 183 Å². The van der Waals surface area contributed by atoms with Crippen LogP contribution in [0.25, 0.3) is 0 Å². The predicted molar refractivity (Wildman–Crippen MR) is 113 cm³/mol. The molecule has 2 aromatic rings. The molecule has 32 heavy (non-hydrogen) atoms. The smallest absolute Gasteiger partial charge is 0.261 e. The van der Waals surface area contributed by atoms with Gasteiger partial charge in [-0.3, -0.25) is 14.5 Å². The van der Waals surface area contributed by atoms with Crippen molar-refractivity contribution in [3.05, 3.63) is 59.4 Å². The number of β-amino-alcohol motifs (C(OH)–C–C–N with tert-alkyl or cyclic N) is 1. The molecule has 170 valence electrons. The molecule has 0 saturated carbocycles. The first-order valence-electron chi connectivity index (χ1n) is 10.2. The number of carbonyl (C=O) groups is 2. The summed E-state index contributed by atoms with van der Waals surface area (Å²) in [6, 6.07) is 10.5. The van der Waals surface area contributed by atoms with Crippen LogP contribution in [0.3, 0.4) is 0 Å². The molecule has 2 aliphatic heterocycles. The molecule has 1 fully saturated rings. The highest BCUT2D eigenvalue weighted by atomic mass is 19.1. The second kappa shape index (κ2) is 9.21. The Morgan fingerprint density at radius 1 is 1.00 bits per heavy atom. The molecule has 1 atom stereocenters. The Kier molecular flexibility index (Phi) is 6.38. The van der Waals surface area contributed by atoms with Crippen molar-refractivity contribution >= 4 is 23.2 Å². The lowest BCUT2D eigenvalue weighted by Crippen LogP contribution is -2.46. The van der Waals surface area contributed by atoms with Gasteiger partial charge in [0.05, 0.1) is 49.2 Å². The van der Waals surface area contributed by atoms with E-state index in [1.54, 1.807) is 12.1 Å². The van der Waals surface area contributed by atoms with E-state index in [9.17, 15) is 29.3 Å². The lowest BCUT2D eigenvalue weighted by Gasteiger charge is -2.32. The number of aliphatic hydroxyl groups excluding tert-OH is 2. The SMILES string of the molecule is O=C1c2ccccc2C(=O)N1C[C@H](O)CN(c1ccc(N2CCOCC2)c(F)c1)C(O)O. The minimum absolute atomic E-state index is 0.135. The number of morpholine rings is 1. The summed E-state index contributed by atoms with van der Waals surface area (Å²) in [7, 11) is 0. The lowest BCUT2D eigenvalue weighted by molar-refractivity contribution is -0.0463. The van der Waals surface area contributed by atoms with Gasteiger partial charge >= 0.3 is 0 Å². The molecule has 9 nitrogen and oxygen atoms in total. The predicted octanol–water partition coefficient (Wildman–Crippen LogP) is 0.394. The summed E-state index contributed by atoms with van der Waals surface area (Å²) in [5.74, 6) is -1.60. The van der Waals surface area contributed by atoms with E-state index in [0.717, 1.165) is 15.9 Å². The van der Waals surface area contributed by atoms with E-state index in [1.807, 2.05) is 4.90 Å². The van der Waals surface area contributed by atoms with Crippen molar-refractivity contribution in [2.24, 2.45) is 0 Å². The molecule has 4 rings (SSSR count). The quantitative estimate of drug-likeness (QED) is 0.415. The van der Waals surface area contributed by atoms with E-state index in [1.165, 1.54) is 24.3 Å². The Balaban J connectivity index is 1.46. The molecule has 3 N–H and O–H groups in total. The van der Waals surface area contributed by atoms with Gasteiger partial charge in [-0.2, -0.15) is 0 Å². The molecule has 2 aromatic carbocycles. The van der Waals surface area contributed by atoms with E-state index in [4.69, 9.17) is 4.74 Å². The number of aliphatic hydroxyl groups is 3. The van der Waals surface area contributed by atoms with Crippen molar-refractivity contribution in [1.29, 1.82) is 0 Å². The zero-order valence-corrected chi connectivity index (χ0v) is 17.2. The number of nitrogens with zero attached hydrogens (tertiary/aromatic N) is 3. The highest BCUT2D eigenvalue weighted by Gasteiger charge is 2.36. The van der Waals surface area contributed by atoms with Gasteiger partial charge < -0.3 is 29.9 Å². The Morgan fingerprint density at radius 2 is 1.62 bits per heavy atom. The number of hydrogen-bond acceptors (Lipinski definition) is 8. The maximum Gasteiger partial charge on any atom is 0.261 e. The number of imide groups is 1. The van der Waals surface area contributed by atoms with Crippen LogP contribution in [-0.2, 0) is 4.74 Å². The number of halogens is 1. The number of carbonyl (C=O) groups excluding carboxylic acids is 2. The lowest BCUT2D eigenvalue weighted by atomic mass is 10.1. The molecule has 2 heterocycles. The fourth-order valence-electron chi connectivity index (χ4n) is 3.97. The van der Waals surface area contributed by atoms with Crippen molar-refractivity contribution in [2.45, 2.75) is 12.5 Å². The van der Waals surface area contributed by atoms with Crippen LogP contribution < -0.4 is 9.80 Å².